The van der Waals surface area contributed by atoms with Gasteiger partial charge >= 0.3 is 0 Å². The van der Waals surface area contributed by atoms with Crippen LogP contribution in [0.5, 0.6) is 0 Å². The molecule has 2 heterocycles. The fourth-order valence-corrected chi connectivity index (χ4v) is 1.97. The Kier molecular flexibility index (Phi) is 4.04. The molecule has 1 N–H and O–H groups in total. The van der Waals surface area contributed by atoms with Crippen molar-refractivity contribution in [3.05, 3.63) is 34.7 Å². The molecule has 7 heteroatoms. The van der Waals surface area contributed by atoms with E-state index < -0.39 is 0 Å². The molecule has 0 spiro atoms. The largest absolute Gasteiger partial charge is 0.340 e. The number of nitrogens with one attached hydrogen (secondary N) is 1. The maximum atomic E-state index is 5.88. The lowest BCUT2D eigenvalue weighted by Crippen LogP contribution is -1.96. The lowest BCUT2D eigenvalue weighted by Gasteiger charge is -2.06. The molecule has 17 heavy (non-hydrogen) atoms. The highest BCUT2D eigenvalue weighted by Crippen LogP contribution is 2.21. The highest BCUT2D eigenvalue weighted by molar-refractivity contribution is 7.98. The summed E-state index contributed by atoms with van der Waals surface area (Å²) in [5.41, 5.74) is 0.798. The maximum absolute atomic E-state index is 5.88. The minimum atomic E-state index is 0.395. The van der Waals surface area contributed by atoms with Crippen molar-refractivity contribution in [3.63, 3.8) is 0 Å². The average Bonchev–Trinajstić information content (AvgIpc) is 2.28. The van der Waals surface area contributed by atoms with E-state index in [0.29, 0.717) is 21.3 Å². The predicted molar refractivity (Wildman–Crippen MR) is 71.4 cm³/mol. The molecule has 0 bridgehead atoms. The van der Waals surface area contributed by atoms with Gasteiger partial charge in [-0.15, -0.1) is 0 Å². The zero-order valence-corrected chi connectivity index (χ0v) is 11.1. The van der Waals surface area contributed by atoms with E-state index in [1.807, 2.05) is 6.26 Å². The molecular weight excluding hydrogens is 279 g/mol. The van der Waals surface area contributed by atoms with E-state index in [4.69, 9.17) is 23.2 Å². The molecule has 4 nitrogen and oxygen atoms in total. The van der Waals surface area contributed by atoms with Gasteiger partial charge in [-0.1, -0.05) is 35.0 Å². The Labute approximate surface area is 113 Å². The normalized spacial score (nSPS) is 10.3. The van der Waals surface area contributed by atoms with Crippen LogP contribution in [0.1, 0.15) is 0 Å². The molecule has 0 saturated heterocycles. The fraction of sp³-hybridized carbons (Fsp3) is 0.100. The van der Waals surface area contributed by atoms with Crippen LogP contribution in [-0.4, -0.2) is 21.2 Å². The molecule has 2 aromatic heterocycles. The first-order valence-electron chi connectivity index (χ1n) is 4.64. The number of anilines is 2. The molecule has 0 unspecified atom stereocenters. The molecule has 0 saturated carbocycles. The number of rotatable bonds is 3. The monoisotopic (exact) mass is 286 g/mol. The molecule has 0 aliphatic carbocycles. The number of aromatic nitrogens is 3. The van der Waals surface area contributed by atoms with Crippen LogP contribution in [0.4, 0.5) is 11.5 Å². The van der Waals surface area contributed by atoms with Crippen LogP contribution >= 0.6 is 35.0 Å². The standard InChI is InChI=1S/C10H8Cl2N4S/c1-17-10-15-8(12)5-9(16-10)14-6-2-3-13-7(11)4-6/h2-5H,1H3,(H,13,14,15,16). The molecule has 2 rings (SSSR count). The average molecular weight is 287 g/mol. The van der Waals surface area contributed by atoms with Crippen LogP contribution in [0.25, 0.3) is 0 Å². The summed E-state index contributed by atoms with van der Waals surface area (Å²) < 4.78 is 0. The highest BCUT2D eigenvalue weighted by Gasteiger charge is 2.03. The second-order valence-corrected chi connectivity index (χ2v) is 4.60. The summed E-state index contributed by atoms with van der Waals surface area (Å²) >= 11 is 13.1. The lowest BCUT2D eigenvalue weighted by atomic mass is 10.4. The Bertz CT molecular complexity index is 535. The molecule has 2 aromatic rings. The Balaban J connectivity index is 2.26. The van der Waals surface area contributed by atoms with Gasteiger partial charge in [0, 0.05) is 18.0 Å². The third-order valence-electron chi connectivity index (χ3n) is 1.86. The highest BCUT2D eigenvalue weighted by atomic mass is 35.5. The van der Waals surface area contributed by atoms with Crippen molar-refractivity contribution < 1.29 is 0 Å². The second kappa shape index (κ2) is 5.53. The van der Waals surface area contributed by atoms with Crippen molar-refractivity contribution in [2.45, 2.75) is 5.16 Å². The van der Waals surface area contributed by atoms with Crippen LogP contribution < -0.4 is 5.32 Å². The summed E-state index contributed by atoms with van der Waals surface area (Å²) in [6.45, 7) is 0. The zero-order chi connectivity index (χ0) is 12.3. The summed E-state index contributed by atoms with van der Waals surface area (Å²) in [5.74, 6) is 0.622. The van der Waals surface area contributed by atoms with Gasteiger partial charge in [0.05, 0.1) is 0 Å². The molecule has 0 aliphatic rings. The van der Waals surface area contributed by atoms with Gasteiger partial charge in [0.25, 0.3) is 0 Å². The van der Waals surface area contributed by atoms with Gasteiger partial charge in [-0.05, 0) is 18.4 Å². The van der Waals surface area contributed by atoms with Crippen molar-refractivity contribution in [2.24, 2.45) is 0 Å². The Hall–Kier alpha value is -1.04. The number of halogens is 2. The Morgan fingerprint density at radius 2 is 2.00 bits per heavy atom. The third-order valence-corrected chi connectivity index (χ3v) is 2.80. The molecule has 0 amide bonds. The van der Waals surface area contributed by atoms with E-state index in [-0.39, 0.29) is 0 Å². The molecule has 0 aliphatic heterocycles. The van der Waals surface area contributed by atoms with Crippen LogP contribution in [0.3, 0.4) is 0 Å². The van der Waals surface area contributed by atoms with Gasteiger partial charge in [0.15, 0.2) is 5.16 Å². The van der Waals surface area contributed by atoms with Gasteiger partial charge in [0.1, 0.15) is 16.1 Å². The van der Waals surface area contributed by atoms with E-state index >= 15 is 0 Å². The maximum Gasteiger partial charge on any atom is 0.190 e. The smallest absolute Gasteiger partial charge is 0.190 e. The topological polar surface area (TPSA) is 50.7 Å². The van der Waals surface area contributed by atoms with Gasteiger partial charge in [-0.3, -0.25) is 0 Å². The fourth-order valence-electron chi connectivity index (χ4n) is 1.18. The van der Waals surface area contributed by atoms with E-state index in [9.17, 15) is 0 Å². The minimum absolute atomic E-state index is 0.395. The number of hydrogen-bond donors (Lipinski definition) is 1. The molecule has 0 radical (unpaired) electrons. The summed E-state index contributed by atoms with van der Waals surface area (Å²) in [4.78, 5) is 12.2. The quantitative estimate of drug-likeness (QED) is 0.404. The summed E-state index contributed by atoms with van der Waals surface area (Å²) in [7, 11) is 0. The van der Waals surface area contributed by atoms with Crippen molar-refractivity contribution in [2.75, 3.05) is 11.6 Å². The van der Waals surface area contributed by atoms with Crippen LogP contribution in [-0.2, 0) is 0 Å². The third kappa shape index (κ3) is 3.46. The summed E-state index contributed by atoms with van der Waals surface area (Å²) in [5, 5.41) is 4.51. The number of pyridine rings is 1. The number of hydrogen-bond acceptors (Lipinski definition) is 5. The minimum Gasteiger partial charge on any atom is -0.340 e. The molecular formula is C10H8Cl2N4S. The van der Waals surface area contributed by atoms with Crippen LogP contribution in [0, 0.1) is 0 Å². The SMILES string of the molecule is CSc1nc(Cl)cc(Nc2ccnc(Cl)c2)n1. The van der Waals surface area contributed by atoms with Crippen molar-refractivity contribution in [3.8, 4) is 0 Å². The molecule has 0 atom stereocenters. The van der Waals surface area contributed by atoms with Gasteiger partial charge in [-0.2, -0.15) is 0 Å². The molecule has 0 aromatic carbocycles. The first kappa shape index (κ1) is 12.4. The molecule has 88 valence electrons. The van der Waals surface area contributed by atoms with E-state index in [1.54, 1.807) is 24.4 Å². The van der Waals surface area contributed by atoms with Crippen molar-refractivity contribution in [1.29, 1.82) is 0 Å². The summed E-state index contributed by atoms with van der Waals surface area (Å²) in [6.07, 6.45) is 3.50. The van der Waals surface area contributed by atoms with Gasteiger partial charge in [-0.25, -0.2) is 15.0 Å². The first-order valence-corrected chi connectivity index (χ1v) is 6.62. The predicted octanol–water partition coefficient (Wildman–Crippen LogP) is 3.64. The molecule has 0 fully saturated rings. The van der Waals surface area contributed by atoms with Crippen molar-refractivity contribution in [1.82, 2.24) is 15.0 Å². The van der Waals surface area contributed by atoms with E-state index in [2.05, 4.69) is 20.3 Å². The first-order chi connectivity index (χ1) is 8.17. The van der Waals surface area contributed by atoms with Gasteiger partial charge in [0.2, 0.25) is 0 Å². The number of nitrogens with zero attached hydrogens (tertiary/aromatic N) is 3. The zero-order valence-electron chi connectivity index (χ0n) is 8.82. The van der Waals surface area contributed by atoms with Crippen molar-refractivity contribution >= 4 is 46.5 Å². The van der Waals surface area contributed by atoms with Gasteiger partial charge < -0.3 is 5.32 Å². The van der Waals surface area contributed by atoms with E-state index in [0.717, 1.165) is 5.69 Å². The van der Waals surface area contributed by atoms with Crippen LogP contribution in [0.15, 0.2) is 29.6 Å². The second-order valence-electron chi connectivity index (χ2n) is 3.05. The van der Waals surface area contributed by atoms with Crippen LogP contribution in [0.2, 0.25) is 10.3 Å². The summed E-state index contributed by atoms with van der Waals surface area (Å²) in [6, 6.07) is 5.15. The lowest BCUT2D eigenvalue weighted by molar-refractivity contribution is 0.976. The van der Waals surface area contributed by atoms with E-state index in [1.165, 1.54) is 11.8 Å². The Morgan fingerprint density at radius 3 is 2.71 bits per heavy atom. The Morgan fingerprint density at radius 1 is 1.18 bits per heavy atom. The number of thioether (sulfide) groups is 1.